The van der Waals surface area contributed by atoms with E-state index < -0.39 is 43.4 Å². The number of nitrogens with two attached hydrogens (primary N) is 1. The second kappa shape index (κ2) is 14.6. The van der Waals surface area contributed by atoms with Crippen LogP contribution in [0.4, 0.5) is 0 Å². The number of ketones is 2. The van der Waals surface area contributed by atoms with E-state index in [0.29, 0.717) is 43.1 Å². The van der Waals surface area contributed by atoms with Crippen molar-refractivity contribution in [1.82, 2.24) is 10.1 Å². The SMILES string of the molecule is CCCCOc1cc(C2CCCN2CC)c(OC)c2c1C(O)=C1C(=O)[C@]3(O[Si](C)(C)C(C)(C)C)C(=O)c4c(OCCCC)noc4[C@@H](N)[C@@H]3C[C@@H]1C2. The first-order valence-corrected chi connectivity index (χ1v) is 22.3. The van der Waals surface area contributed by atoms with Gasteiger partial charge in [-0.3, -0.25) is 14.5 Å². The lowest BCUT2D eigenvalue weighted by molar-refractivity contribution is -0.138. The number of rotatable bonds is 13. The summed E-state index contributed by atoms with van der Waals surface area (Å²) in [4.78, 5) is 33.1. The zero-order valence-corrected chi connectivity index (χ0v) is 33.6. The first-order chi connectivity index (χ1) is 24.7. The number of fused-ring (bicyclic) bond motifs is 4. The standard InChI is InChI=1S/C40H59N3O8Si/c1-10-13-18-48-28-22-24(27-16-15-17-43(27)12-3)34(47-7)25-20-23-21-26-32(41)35-31(38(42-50-35)49-19-14-11-2)37(46)40(26,51-52(8,9)39(4,5)6)36(45)29(23)33(44)30(25)28/h22-23,26-27,32,44H,10-21,41H2,1-9H3/t23-,26-,27?,32-,40-/m0/s1. The van der Waals surface area contributed by atoms with Crippen LogP contribution >= 0.6 is 0 Å². The fraction of sp³-hybridized carbons (Fsp3) is 0.675. The van der Waals surface area contributed by atoms with Crippen molar-refractivity contribution in [2.24, 2.45) is 17.6 Å². The van der Waals surface area contributed by atoms with Crippen LogP contribution in [0.3, 0.4) is 0 Å². The van der Waals surface area contributed by atoms with Crippen molar-refractivity contribution in [2.75, 3.05) is 33.4 Å². The Morgan fingerprint density at radius 2 is 1.77 bits per heavy atom. The van der Waals surface area contributed by atoms with Crippen molar-refractivity contribution in [3.05, 3.63) is 39.7 Å². The summed E-state index contributed by atoms with van der Waals surface area (Å²) in [6.45, 7) is 19.3. The number of nitrogens with zero attached hydrogens (tertiary/aromatic N) is 2. The molecule has 11 nitrogen and oxygen atoms in total. The number of aromatic nitrogens is 1. The van der Waals surface area contributed by atoms with Gasteiger partial charge in [-0.05, 0) is 86.9 Å². The summed E-state index contributed by atoms with van der Waals surface area (Å²) in [7, 11) is -1.18. The van der Waals surface area contributed by atoms with E-state index in [9.17, 15) is 5.11 Å². The third-order valence-electron chi connectivity index (χ3n) is 12.4. The first-order valence-electron chi connectivity index (χ1n) is 19.4. The number of ether oxygens (including phenoxy) is 3. The van der Waals surface area contributed by atoms with Crippen molar-refractivity contribution in [1.29, 1.82) is 0 Å². The number of unbranched alkanes of at least 4 members (excludes halogenated alkanes) is 2. The van der Waals surface area contributed by atoms with Crippen molar-refractivity contribution in [3.8, 4) is 17.4 Å². The van der Waals surface area contributed by atoms with Gasteiger partial charge in [0.15, 0.2) is 19.7 Å². The van der Waals surface area contributed by atoms with Gasteiger partial charge in [-0.15, -0.1) is 0 Å². The molecule has 0 bridgehead atoms. The van der Waals surface area contributed by atoms with Gasteiger partial charge in [0.25, 0.3) is 5.88 Å². The highest BCUT2D eigenvalue weighted by molar-refractivity contribution is 6.74. The number of aliphatic hydroxyl groups is 1. The van der Waals surface area contributed by atoms with E-state index >= 15 is 9.59 Å². The third-order valence-corrected chi connectivity index (χ3v) is 16.8. The second-order valence-electron chi connectivity index (χ2n) is 16.6. The molecule has 12 heteroatoms. The number of Topliss-reactive ketones (excluding diaryl/α,β-unsaturated/α-hetero) is 2. The molecular weight excluding hydrogens is 679 g/mol. The Kier molecular flexibility index (Phi) is 10.8. The molecule has 1 saturated carbocycles. The quantitative estimate of drug-likeness (QED) is 0.118. The largest absolute Gasteiger partial charge is 0.507 e. The van der Waals surface area contributed by atoms with Gasteiger partial charge in [0.2, 0.25) is 11.6 Å². The molecule has 1 aromatic carbocycles. The average Bonchev–Trinajstić information content (AvgIpc) is 3.75. The molecule has 5 atom stereocenters. The molecule has 3 aliphatic carbocycles. The molecule has 1 saturated heterocycles. The fourth-order valence-electron chi connectivity index (χ4n) is 8.57. The highest BCUT2D eigenvalue weighted by Gasteiger charge is 2.68. The monoisotopic (exact) mass is 737 g/mol. The van der Waals surface area contributed by atoms with Gasteiger partial charge >= 0.3 is 0 Å². The summed E-state index contributed by atoms with van der Waals surface area (Å²) >= 11 is 0. The lowest BCUT2D eigenvalue weighted by Crippen LogP contribution is -2.68. The van der Waals surface area contributed by atoms with Crippen molar-refractivity contribution in [3.63, 3.8) is 0 Å². The van der Waals surface area contributed by atoms with Crippen LogP contribution in [0.25, 0.3) is 5.76 Å². The summed E-state index contributed by atoms with van der Waals surface area (Å²) in [5.41, 5.74) is 7.61. The fourth-order valence-corrected chi connectivity index (χ4v) is 10.0. The Morgan fingerprint density at radius 1 is 1.08 bits per heavy atom. The van der Waals surface area contributed by atoms with Crippen molar-refractivity contribution < 1.29 is 37.9 Å². The van der Waals surface area contributed by atoms with Gasteiger partial charge in [-0.25, -0.2) is 0 Å². The molecule has 2 heterocycles. The molecular formula is C40H59N3O8Si. The van der Waals surface area contributed by atoms with Gasteiger partial charge in [-0.2, -0.15) is 0 Å². The molecule has 0 radical (unpaired) electrons. The van der Waals surface area contributed by atoms with Crippen LogP contribution in [0.5, 0.6) is 17.4 Å². The molecule has 52 heavy (non-hydrogen) atoms. The number of hydrogen-bond acceptors (Lipinski definition) is 11. The maximum atomic E-state index is 15.5. The number of benzene rings is 1. The lowest BCUT2D eigenvalue weighted by Gasteiger charge is -2.53. The van der Waals surface area contributed by atoms with Gasteiger partial charge in [-0.1, -0.05) is 54.4 Å². The van der Waals surface area contributed by atoms with E-state index in [1.165, 1.54) is 0 Å². The summed E-state index contributed by atoms with van der Waals surface area (Å²) in [6, 6.07) is 1.28. The third kappa shape index (κ3) is 6.11. The van der Waals surface area contributed by atoms with Crippen LogP contribution in [0.15, 0.2) is 16.2 Å². The predicted octanol–water partition coefficient (Wildman–Crippen LogP) is 7.89. The van der Waals surface area contributed by atoms with Crippen LogP contribution in [-0.2, 0) is 15.6 Å². The Labute approximate surface area is 309 Å². The second-order valence-corrected chi connectivity index (χ2v) is 21.3. The van der Waals surface area contributed by atoms with Gasteiger partial charge in [0.1, 0.15) is 22.8 Å². The van der Waals surface area contributed by atoms with Gasteiger partial charge in [0, 0.05) is 28.7 Å². The summed E-state index contributed by atoms with van der Waals surface area (Å²) in [6.07, 6.45) is 6.19. The zero-order valence-electron chi connectivity index (χ0n) is 32.6. The molecule has 1 aromatic heterocycles. The van der Waals surface area contributed by atoms with E-state index in [2.05, 4.69) is 44.7 Å². The first kappa shape index (κ1) is 38.5. The van der Waals surface area contributed by atoms with E-state index in [1.807, 2.05) is 26.1 Å². The summed E-state index contributed by atoms with van der Waals surface area (Å²) in [5, 5.41) is 16.3. The van der Waals surface area contributed by atoms with Crippen LogP contribution in [0, 0.1) is 11.8 Å². The van der Waals surface area contributed by atoms with E-state index in [4.69, 9.17) is 28.9 Å². The maximum Gasteiger partial charge on any atom is 0.265 e. The predicted molar refractivity (Wildman–Crippen MR) is 202 cm³/mol. The highest BCUT2D eigenvalue weighted by Crippen LogP contribution is 2.59. The zero-order chi connectivity index (χ0) is 37.7. The Morgan fingerprint density at radius 3 is 2.40 bits per heavy atom. The van der Waals surface area contributed by atoms with E-state index in [1.54, 1.807) is 7.11 Å². The molecule has 0 spiro atoms. The molecule has 3 N–H and O–H groups in total. The number of carbonyl (C=O) groups is 2. The molecule has 4 aliphatic rings. The molecule has 286 valence electrons. The van der Waals surface area contributed by atoms with Gasteiger partial charge in [0.05, 0.1) is 31.9 Å². The van der Waals surface area contributed by atoms with Crippen LogP contribution in [-0.4, -0.2) is 74.1 Å². The van der Waals surface area contributed by atoms with Gasteiger partial charge < -0.3 is 34.0 Å². The minimum Gasteiger partial charge on any atom is -0.507 e. The lowest BCUT2D eigenvalue weighted by atomic mass is 9.57. The minimum absolute atomic E-state index is 0.0274. The number of carbonyl (C=O) groups excluding carboxylic acids is 2. The Hall–Kier alpha value is -3.19. The minimum atomic E-state index is -2.85. The van der Waals surface area contributed by atoms with Crippen LogP contribution in [0.2, 0.25) is 18.1 Å². The molecule has 2 aromatic rings. The molecule has 2 fully saturated rings. The molecule has 0 amide bonds. The van der Waals surface area contributed by atoms with Crippen molar-refractivity contribution >= 4 is 25.6 Å². The summed E-state index contributed by atoms with van der Waals surface area (Å²) < 4.78 is 31.5. The number of hydrogen-bond donors (Lipinski definition) is 2. The van der Waals surface area contributed by atoms with E-state index in [-0.39, 0.29) is 39.6 Å². The number of aliphatic hydroxyl groups excluding tert-OH is 1. The normalized spacial score (nSPS) is 26.2. The smallest absolute Gasteiger partial charge is 0.265 e. The summed E-state index contributed by atoms with van der Waals surface area (Å²) in [5.74, 6) is -1.04. The Balaban J connectivity index is 1.56. The van der Waals surface area contributed by atoms with Crippen LogP contribution in [0.1, 0.15) is 131 Å². The molecule has 1 unspecified atom stereocenters. The van der Waals surface area contributed by atoms with E-state index in [0.717, 1.165) is 62.7 Å². The molecule has 1 aliphatic heterocycles. The molecule has 6 rings (SSSR count). The maximum absolute atomic E-state index is 15.5. The Bertz CT molecular complexity index is 1730. The van der Waals surface area contributed by atoms with Crippen molar-refractivity contribution in [2.45, 2.75) is 129 Å². The highest BCUT2D eigenvalue weighted by atomic mass is 28.4. The van der Waals surface area contributed by atoms with Crippen LogP contribution < -0.4 is 19.9 Å². The average molecular weight is 738 g/mol. The number of methoxy groups -OCH3 is 1. The number of likely N-dealkylation sites (tertiary alicyclic amines) is 1. The topological polar surface area (TPSA) is 147 Å².